The molecule has 2 aromatic carbocycles. The van der Waals surface area contributed by atoms with Crippen molar-refractivity contribution in [2.24, 2.45) is 0 Å². The van der Waals surface area contributed by atoms with E-state index in [1.54, 1.807) is 11.3 Å². The standard InChI is InChI=1S/C21H24O2SSi/c1-21(2,3)25(4,5)23-18-11-15(13-22)12-19-20(18)17(14-24-19)16-9-7-6-8-10-16/h6-14H,1-5H3. The van der Waals surface area contributed by atoms with Crippen LogP contribution in [-0.2, 0) is 0 Å². The van der Waals surface area contributed by atoms with E-state index in [4.69, 9.17) is 4.43 Å². The first-order chi connectivity index (χ1) is 11.7. The van der Waals surface area contributed by atoms with E-state index in [1.807, 2.05) is 30.3 Å². The van der Waals surface area contributed by atoms with E-state index in [0.29, 0.717) is 5.56 Å². The molecule has 3 rings (SSSR count). The zero-order valence-electron chi connectivity index (χ0n) is 15.4. The van der Waals surface area contributed by atoms with Gasteiger partial charge in [-0.2, -0.15) is 0 Å². The summed E-state index contributed by atoms with van der Waals surface area (Å²) in [6.45, 7) is 11.2. The van der Waals surface area contributed by atoms with Gasteiger partial charge in [-0.3, -0.25) is 4.79 Å². The summed E-state index contributed by atoms with van der Waals surface area (Å²) >= 11 is 1.66. The molecule has 130 valence electrons. The molecule has 4 heteroatoms. The van der Waals surface area contributed by atoms with Crippen molar-refractivity contribution in [1.82, 2.24) is 0 Å². The average molecular weight is 369 g/mol. The van der Waals surface area contributed by atoms with Gasteiger partial charge in [0.15, 0.2) is 0 Å². The van der Waals surface area contributed by atoms with Crippen molar-refractivity contribution >= 4 is 36.0 Å². The second-order valence-electron chi connectivity index (χ2n) is 7.89. The zero-order valence-corrected chi connectivity index (χ0v) is 17.2. The third-order valence-corrected chi connectivity index (χ3v) is 10.3. The van der Waals surface area contributed by atoms with Gasteiger partial charge < -0.3 is 4.43 Å². The minimum atomic E-state index is -2.01. The first kappa shape index (κ1) is 17.9. The van der Waals surface area contributed by atoms with E-state index in [9.17, 15) is 4.79 Å². The van der Waals surface area contributed by atoms with Gasteiger partial charge in [0.25, 0.3) is 8.32 Å². The minimum absolute atomic E-state index is 0.0967. The van der Waals surface area contributed by atoms with Crippen LogP contribution in [0.4, 0.5) is 0 Å². The predicted octanol–water partition coefficient (Wildman–Crippen LogP) is 6.76. The van der Waals surface area contributed by atoms with E-state index < -0.39 is 8.32 Å². The van der Waals surface area contributed by atoms with Crippen LogP contribution < -0.4 is 4.43 Å². The van der Waals surface area contributed by atoms with Crippen molar-refractivity contribution in [2.45, 2.75) is 38.9 Å². The lowest BCUT2D eigenvalue weighted by molar-refractivity contribution is 0.112. The fourth-order valence-corrected chi connectivity index (χ4v) is 4.60. The van der Waals surface area contributed by atoms with E-state index in [-0.39, 0.29) is 5.04 Å². The van der Waals surface area contributed by atoms with Gasteiger partial charge in [0.1, 0.15) is 12.0 Å². The number of rotatable bonds is 4. The molecule has 0 saturated heterocycles. The van der Waals surface area contributed by atoms with Crippen molar-refractivity contribution in [1.29, 1.82) is 0 Å². The van der Waals surface area contributed by atoms with Crippen molar-refractivity contribution < 1.29 is 9.22 Å². The molecule has 25 heavy (non-hydrogen) atoms. The van der Waals surface area contributed by atoms with Crippen LogP contribution in [-0.4, -0.2) is 14.6 Å². The van der Waals surface area contributed by atoms with Gasteiger partial charge in [-0.1, -0.05) is 51.1 Å². The van der Waals surface area contributed by atoms with E-state index in [1.165, 1.54) is 11.1 Å². The molecular weight excluding hydrogens is 344 g/mol. The van der Waals surface area contributed by atoms with Crippen molar-refractivity contribution in [2.75, 3.05) is 0 Å². The number of carbonyl (C=O) groups excluding carboxylic acids is 1. The maximum absolute atomic E-state index is 11.4. The third-order valence-electron chi connectivity index (χ3n) is 5.05. The van der Waals surface area contributed by atoms with Gasteiger partial charge in [-0.15, -0.1) is 11.3 Å². The first-order valence-corrected chi connectivity index (χ1v) is 12.3. The lowest BCUT2D eigenvalue weighted by atomic mass is 10.0. The first-order valence-electron chi connectivity index (χ1n) is 8.48. The molecule has 0 saturated carbocycles. The van der Waals surface area contributed by atoms with Gasteiger partial charge in [0.2, 0.25) is 0 Å². The Morgan fingerprint density at radius 1 is 1.08 bits per heavy atom. The number of benzene rings is 2. The minimum Gasteiger partial charge on any atom is -0.543 e. The van der Waals surface area contributed by atoms with Crippen molar-refractivity contribution in [3.05, 3.63) is 53.4 Å². The highest BCUT2D eigenvalue weighted by molar-refractivity contribution is 7.17. The Labute approximate surface area is 154 Å². The van der Waals surface area contributed by atoms with Crippen LogP contribution in [0.3, 0.4) is 0 Å². The molecule has 0 unspecified atom stereocenters. The van der Waals surface area contributed by atoms with Crippen LogP contribution in [0.1, 0.15) is 31.1 Å². The summed E-state index contributed by atoms with van der Waals surface area (Å²) in [5, 5.41) is 3.37. The van der Waals surface area contributed by atoms with Crippen LogP contribution in [0.2, 0.25) is 18.1 Å². The molecule has 2 nitrogen and oxygen atoms in total. The molecule has 0 amide bonds. The highest BCUT2D eigenvalue weighted by Crippen LogP contribution is 2.44. The summed E-state index contributed by atoms with van der Waals surface area (Å²) in [5.41, 5.74) is 3.02. The Hall–Kier alpha value is -1.91. The SMILES string of the molecule is CC(C)(C)[Si](C)(C)Oc1cc(C=O)cc2scc(-c3ccccc3)c12. The number of thiophene rings is 1. The summed E-state index contributed by atoms with van der Waals surface area (Å²) in [5.74, 6) is 0.839. The maximum Gasteiger partial charge on any atom is 0.250 e. The molecule has 0 spiro atoms. The van der Waals surface area contributed by atoms with Crippen LogP contribution in [0.25, 0.3) is 21.2 Å². The Bertz CT molecular complexity index is 905. The Morgan fingerprint density at radius 2 is 1.76 bits per heavy atom. The number of carbonyl (C=O) groups is 1. The van der Waals surface area contributed by atoms with E-state index in [0.717, 1.165) is 22.1 Å². The van der Waals surface area contributed by atoms with Gasteiger partial charge in [-0.25, -0.2) is 0 Å². The van der Waals surface area contributed by atoms with Gasteiger partial charge >= 0.3 is 0 Å². The Kier molecular flexibility index (Phi) is 4.60. The topological polar surface area (TPSA) is 26.3 Å². The van der Waals surface area contributed by atoms with Gasteiger partial charge in [0, 0.05) is 21.2 Å². The monoisotopic (exact) mass is 368 g/mol. The summed E-state index contributed by atoms with van der Waals surface area (Å²) in [6.07, 6.45) is 0.903. The molecule has 0 bridgehead atoms. The highest BCUT2D eigenvalue weighted by Gasteiger charge is 2.39. The van der Waals surface area contributed by atoms with Crippen molar-refractivity contribution in [3.8, 4) is 16.9 Å². The lowest BCUT2D eigenvalue weighted by Gasteiger charge is -2.36. The number of aldehydes is 1. The van der Waals surface area contributed by atoms with Crippen LogP contribution in [0.5, 0.6) is 5.75 Å². The predicted molar refractivity (Wildman–Crippen MR) is 110 cm³/mol. The smallest absolute Gasteiger partial charge is 0.250 e. The molecule has 0 aliphatic rings. The summed E-state index contributed by atoms with van der Waals surface area (Å²) in [7, 11) is -2.01. The molecule has 0 fully saturated rings. The Morgan fingerprint density at radius 3 is 2.36 bits per heavy atom. The maximum atomic E-state index is 11.4. The fourth-order valence-electron chi connectivity index (χ4n) is 2.56. The van der Waals surface area contributed by atoms with E-state index in [2.05, 4.69) is 51.4 Å². The molecule has 0 N–H and O–H groups in total. The third kappa shape index (κ3) is 3.41. The number of hydrogen-bond acceptors (Lipinski definition) is 3. The summed E-state index contributed by atoms with van der Waals surface area (Å²) < 4.78 is 7.72. The molecule has 0 radical (unpaired) electrons. The number of fused-ring (bicyclic) bond motifs is 1. The second kappa shape index (κ2) is 6.43. The van der Waals surface area contributed by atoms with Crippen LogP contribution in [0, 0.1) is 0 Å². The van der Waals surface area contributed by atoms with Gasteiger partial charge in [0.05, 0.1) is 0 Å². The van der Waals surface area contributed by atoms with Crippen molar-refractivity contribution in [3.63, 3.8) is 0 Å². The molecule has 1 aromatic heterocycles. The highest BCUT2D eigenvalue weighted by atomic mass is 32.1. The molecule has 0 atom stereocenters. The average Bonchev–Trinajstić information content (AvgIpc) is 2.98. The summed E-state index contributed by atoms with van der Waals surface area (Å²) in [6, 6.07) is 14.2. The largest absolute Gasteiger partial charge is 0.543 e. The van der Waals surface area contributed by atoms with Crippen LogP contribution >= 0.6 is 11.3 Å². The molecule has 1 heterocycles. The normalized spacial score (nSPS) is 12.4. The van der Waals surface area contributed by atoms with E-state index >= 15 is 0 Å². The van der Waals surface area contributed by atoms with Crippen LogP contribution in [0.15, 0.2) is 47.8 Å². The molecule has 0 aliphatic heterocycles. The number of hydrogen-bond donors (Lipinski definition) is 0. The zero-order chi connectivity index (χ0) is 18.2. The van der Waals surface area contributed by atoms with Gasteiger partial charge in [-0.05, 0) is 41.2 Å². The quantitative estimate of drug-likeness (QED) is 0.375. The second-order valence-corrected chi connectivity index (χ2v) is 13.5. The molecule has 0 aliphatic carbocycles. The summed E-state index contributed by atoms with van der Waals surface area (Å²) in [4.78, 5) is 11.4. The fraction of sp³-hybridized carbons (Fsp3) is 0.286. The molecular formula is C21H24O2SSi. The lowest BCUT2D eigenvalue weighted by Crippen LogP contribution is -2.43. The Balaban J connectivity index is 2.22. The molecule has 3 aromatic rings.